The minimum atomic E-state index is -3.47. The second kappa shape index (κ2) is 15.8. The average molecular weight is 671 g/mol. The Morgan fingerprint density at radius 2 is 0.976 bits per heavy atom. The van der Waals surface area contributed by atoms with Gasteiger partial charge in [0.1, 0.15) is 11.5 Å². The fourth-order valence-corrected chi connectivity index (χ4v) is 8.62. The van der Waals surface area contributed by atoms with Gasteiger partial charge in [-0.25, -0.2) is 36.1 Å². The van der Waals surface area contributed by atoms with E-state index in [-0.39, 0.29) is 35.1 Å². The topological polar surface area (TPSA) is 163 Å². The van der Waals surface area contributed by atoms with Crippen LogP contribution in [0.2, 0.25) is 0 Å². The molecule has 0 saturated heterocycles. The summed E-state index contributed by atoms with van der Waals surface area (Å²) >= 11 is 0. The Morgan fingerprint density at radius 3 is 1.19 bits per heavy atom. The van der Waals surface area contributed by atoms with Crippen molar-refractivity contribution < 1.29 is 44.1 Å². The molecule has 42 heavy (non-hydrogen) atoms. The Bertz CT molecular complexity index is 1400. The maximum absolute atomic E-state index is 12.5. The Balaban J connectivity index is 0.000000420. The van der Waals surface area contributed by atoms with Gasteiger partial charge in [0.25, 0.3) is 0 Å². The van der Waals surface area contributed by atoms with Crippen LogP contribution >= 0.6 is 15.5 Å². The first-order valence-electron chi connectivity index (χ1n) is 13.2. The summed E-state index contributed by atoms with van der Waals surface area (Å²) in [6.07, 6.45) is 2.28. The quantitative estimate of drug-likeness (QED) is 0.231. The zero-order valence-electron chi connectivity index (χ0n) is 25.8. The second-order valence-corrected chi connectivity index (χ2v) is 17.3. The molecule has 0 saturated carbocycles. The highest BCUT2D eigenvalue weighted by Crippen LogP contribution is 2.46. The second-order valence-electron chi connectivity index (χ2n) is 9.98. The van der Waals surface area contributed by atoms with E-state index in [1.165, 1.54) is 36.4 Å². The maximum Gasteiger partial charge on any atom is 0.458 e. The Labute approximate surface area is 250 Å². The first-order valence-corrected chi connectivity index (χ1v) is 20.1. The fourth-order valence-electron chi connectivity index (χ4n) is 3.62. The van der Waals surface area contributed by atoms with Gasteiger partial charge in [-0.05, 0) is 103 Å². The van der Waals surface area contributed by atoms with E-state index < -0.39 is 35.2 Å². The molecular formula is C26H44N2O10P2S2. The standard InChI is InChI=1S/2C13H22NO5PS/c2*1-6-18-20(15,14-10(2)3)19-12-7-8-13(11(4)9-12)21(5,16)17/h2*7-10H,6H2,1-5H3,(H,14,15). The smallest absolute Gasteiger partial charge is 0.413 e. The molecule has 0 bridgehead atoms. The summed E-state index contributed by atoms with van der Waals surface area (Å²) in [7, 11) is -13.5. The first kappa shape index (κ1) is 38.3. The van der Waals surface area contributed by atoms with Crippen molar-refractivity contribution in [2.45, 2.75) is 77.3 Å². The van der Waals surface area contributed by atoms with Gasteiger partial charge in [-0.1, -0.05) is 0 Å². The Hall–Kier alpha value is -1.76. The van der Waals surface area contributed by atoms with Crippen LogP contribution in [0.5, 0.6) is 11.5 Å². The fraction of sp³-hybridized carbons (Fsp3) is 0.538. The average Bonchev–Trinajstić information content (AvgIpc) is 2.76. The third kappa shape index (κ3) is 12.9. The van der Waals surface area contributed by atoms with Crippen LogP contribution in [0.4, 0.5) is 0 Å². The van der Waals surface area contributed by atoms with Gasteiger partial charge in [-0.2, -0.15) is 0 Å². The highest BCUT2D eigenvalue weighted by Gasteiger charge is 2.28. The van der Waals surface area contributed by atoms with Crippen LogP contribution in [0.15, 0.2) is 46.2 Å². The van der Waals surface area contributed by atoms with Crippen LogP contribution in [-0.2, 0) is 37.9 Å². The molecule has 240 valence electrons. The van der Waals surface area contributed by atoms with Gasteiger partial charge in [-0.15, -0.1) is 0 Å². The predicted octanol–water partition coefficient (Wildman–Crippen LogP) is 5.84. The molecule has 0 fully saturated rings. The summed E-state index contributed by atoms with van der Waals surface area (Å²) < 4.78 is 92.5. The van der Waals surface area contributed by atoms with Gasteiger partial charge in [-0.3, -0.25) is 9.05 Å². The van der Waals surface area contributed by atoms with Crippen molar-refractivity contribution in [2.24, 2.45) is 0 Å². The molecule has 2 unspecified atom stereocenters. The molecule has 2 aromatic carbocycles. The summed E-state index contributed by atoms with van der Waals surface area (Å²) in [4.78, 5) is 0.441. The lowest BCUT2D eigenvalue weighted by atomic mass is 10.2. The predicted molar refractivity (Wildman–Crippen MR) is 165 cm³/mol. The van der Waals surface area contributed by atoms with Crippen molar-refractivity contribution in [1.29, 1.82) is 0 Å². The van der Waals surface area contributed by atoms with Crippen LogP contribution in [0, 0.1) is 13.8 Å². The molecule has 0 aliphatic carbocycles. The molecule has 0 aliphatic rings. The van der Waals surface area contributed by atoms with Crippen molar-refractivity contribution in [2.75, 3.05) is 25.7 Å². The number of aryl methyl sites for hydroxylation is 2. The number of rotatable bonds is 14. The normalized spacial score (nSPS) is 15.0. The molecule has 0 spiro atoms. The molecule has 0 heterocycles. The zero-order valence-corrected chi connectivity index (χ0v) is 29.2. The number of sulfone groups is 2. The highest BCUT2D eigenvalue weighted by molar-refractivity contribution is 7.91. The molecule has 0 amide bonds. The number of benzene rings is 2. The van der Waals surface area contributed by atoms with E-state index >= 15 is 0 Å². The van der Waals surface area contributed by atoms with Crippen LogP contribution in [-0.4, -0.2) is 54.6 Å². The van der Waals surface area contributed by atoms with E-state index in [0.717, 1.165) is 12.5 Å². The van der Waals surface area contributed by atoms with E-state index in [4.69, 9.17) is 18.1 Å². The van der Waals surface area contributed by atoms with Crippen LogP contribution in [0.3, 0.4) is 0 Å². The number of nitrogens with one attached hydrogen (secondary N) is 2. The Kier molecular flexibility index (Phi) is 14.4. The number of hydrogen-bond donors (Lipinski definition) is 2. The zero-order chi connectivity index (χ0) is 32.5. The largest absolute Gasteiger partial charge is 0.458 e. The van der Waals surface area contributed by atoms with Gasteiger partial charge in [0.2, 0.25) is 0 Å². The summed E-state index contributed by atoms with van der Waals surface area (Å²) in [5.74, 6) is 0.592. The van der Waals surface area contributed by atoms with Gasteiger partial charge in [0.15, 0.2) is 19.7 Å². The lowest BCUT2D eigenvalue weighted by molar-refractivity contribution is 0.264. The number of hydrogen-bond acceptors (Lipinski definition) is 10. The molecule has 2 aromatic rings. The van der Waals surface area contributed by atoms with E-state index in [1.54, 1.807) is 27.7 Å². The van der Waals surface area contributed by atoms with Crippen molar-refractivity contribution in [1.82, 2.24) is 10.2 Å². The summed E-state index contributed by atoms with van der Waals surface area (Å²) in [5, 5.41) is 5.53. The van der Waals surface area contributed by atoms with Crippen molar-refractivity contribution in [3.05, 3.63) is 47.5 Å². The monoisotopic (exact) mass is 670 g/mol. The van der Waals surface area contributed by atoms with E-state index in [1.807, 2.05) is 27.7 Å². The lowest BCUT2D eigenvalue weighted by Gasteiger charge is -2.21. The van der Waals surface area contributed by atoms with Crippen LogP contribution < -0.4 is 19.2 Å². The SMILES string of the molecule is CCOP(=O)(NC(C)C)Oc1ccc(S(C)(=O)=O)c(C)c1.CCOP(=O)(NC(C)C)Oc1ccc(S(C)(=O)=O)c(C)c1. The van der Waals surface area contributed by atoms with Crippen molar-refractivity contribution >= 4 is 35.2 Å². The molecule has 0 aromatic heterocycles. The molecule has 0 radical (unpaired) electrons. The minimum absolute atomic E-state index is 0.0845. The molecule has 2 rings (SSSR count). The third-order valence-electron chi connectivity index (χ3n) is 4.97. The molecule has 16 heteroatoms. The molecule has 2 N–H and O–H groups in total. The summed E-state index contributed by atoms with van der Waals surface area (Å²) in [6, 6.07) is 8.71. The van der Waals surface area contributed by atoms with E-state index in [2.05, 4.69) is 10.2 Å². The molecular weight excluding hydrogens is 626 g/mol. The van der Waals surface area contributed by atoms with Gasteiger partial charge >= 0.3 is 15.5 Å². The van der Waals surface area contributed by atoms with Crippen molar-refractivity contribution in [3.8, 4) is 11.5 Å². The van der Waals surface area contributed by atoms with E-state index in [9.17, 15) is 26.0 Å². The highest BCUT2D eigenvalue weighted by atomic mass is 32.2. The van der Waals surface area contributed by atoms with Crippen LogP contribution in [0.25, 0.3) is 0 Å². The van der Waals surface area contributed by atoms with Gasteiger partial charge in [0.05, 0.1) is 23.0 Å². The molecule has 0 aliphatic heterocycles. The van der Waals surface area contributed by atoms with Gasteiger partial charge < -0.3 is 9.05 Å². The first-order chi connectivity index (χ1) is 19.1. The summed E-state index contributed by atoms with van der Waals surface area (Å²) in [5.41, 5.74) is 1.06. The van der Waals surface area contributed by atoms with Gasteiger partial charge in [0, 0.05) is 24.6 Å². The van der Waals surface area contributed by atoms with E-state index in [0.29, 0.717) is 22.6 Å². The molecule has 12 nitrogen and oxygen atoms in total. The Morgan fingerprint density at radius 1 is 0.667 bits per heavy atom. The van der Waals surface area contributed by atoms with Crippen molar-refractivity contribution in [3.63, 3.8) is 0 Å². The maximum atomic E-state index is 12.5. The summed E-state index contributed by atoms with van der Waals surface area (Å²) in [6.45, 7) is 14.5. The molecule has 2 atom stereocenters. The lowest BCUT2D eigenvalue weighted by Crippen LogP contribution is -2.23. The third-order valence-corrected chi connectivity index (χ3v) is 11.3. The van der Waals surface area contributed by atoms with Crippen LogP contribution in [0.1, 0.15) is 52.7 Å². The minimum Gasteiger partial charge on any atom is -0.413 e.